The van der Waals surface area contributed by atoms with E-state index in [0.29, 0.717) is 12.1 Å². The van der Waals surface area contributed by atoms with Crippen LogP contribution in [0.2, 0.25) is 0 Å². The molecule has 0 aromatic heterocycles. The fraction of sp³-hybridized carbons (Fsp3) is 0.667. The largest absolute Gasteiger partial charge is 0.377 e. The smallest absolute Gasteiger partial charge is 0.0597 e. The van der Waals surface area contributed by atoms with Crippen LogP contribution < -0.4 is 5.32 Å². The first kappa shape index (κ1) is 16.5. The molecule has 0 bridgehead atoms. The zero-order valence-electron chi connectivity index (χ0n) is 13.9. The van der Waals surface area contributed by atoms with Gasteiger partial charge in [-0.15, -0.1) is 0 Å². The van der Waals surface area contributed by atoms with Gasteiger partial charge < -0.3 is 10.1 Å². The second-order valence-electron chi connectivity index (χ2n) is 6.95. The third-order valence-electron chi connectivity index (χ3n) is 4.26. The lowest BCUT2D eigenvalue weighted by atomic mass is 9.94. The van der Waals surface area contributed by atoms with Gasteiger partial charge in [0.15, 0.2) is 0 Å². The molecule has 0 amide bonds. The molecule has 1 fully saturated rings. The van der Waals surface area contributed by atoms with E-state index in [1.807, 2.05) is 0 Å². The molecule has 0 radical (unpaired) electrons. The number of hydrogen-bond donors (Lipinski definition) is 1. The molecule has 0 spiro atoms. The predicted molar refractivity (Wildman–Crippen MR) is 88.7 cm³/mol. The van der Waals surface area contributed by atoms with E-state index in [1.165, 1.54) is 5.56 Å². The molecule has 0 saturated carbocycles. The molecule has 1 aliphatic rings. The Labute approximate surface area is 129 Å². The van der Waals surface area contributed by atoms with Crippen LogP contribution in [-0.2, 0) is 11.2 Å². The Morgan fingerprint density at radius 2 is 2.00 bits per heavy atom. The van der Waals surface area contributed by atoms with Crippen LogP contribution in [0.3, 0.4) is 0 Å². The van der Waals surface area contributed by atoms with Gasteiger partial charge in [-0.05, 0) is 39.7 Å². The van der Waals surface area contributed by atoms with Crippen molar-refractivity contribution >= 4 is 0 Å². The monoisotopic (exact) mass is 290 g/mol. The van der Waals surface area contributed by atoms with Gasteiger partial charge in [-0.1, -0.05) is 30.3 Å². The van der Waals surface area contributed by atoms with E-state index in [9.17, 15) is 0 Å². The molecule has 1 N–H and O–H groups in total. The van der Waals surface area contributed by atoms with Crippen LogP contribution in [0.25, 0.3) is 0 Å². The Bertz CT molecular complexity index is 416. The molecule has 2 rings (SSSR count). The average Bonchev–Trinajstić information content (AvgIpc) is 2.43. The number of hydrogen-bond acceptors (Lipinski definition) is 3. The van der Waals surface area contributed by atoms with Crippen molar-refractivity contribution in [1.29, 1.82) is 0 Å². The molecule has 1 saturated heterocycles. The van der Waals surface area contributed by atoms with Crippen molar-refractivity contribution in [1.82, 2.24) is 10.2 Å². The fourth-order valence-electron chi connectivity index (χ4n) is 2.91. The lowest BCUT2D eigenvalue weighted by Crippen LogP contribution is -2.63. The van der Waals surface area contributed by atoms with Gasteiger partial charge in [0.1, 0.15) is 0 Å². The van der Waals surface area contributed by atoms with Crippen LogP contribution in [0, 0.1) is 0 Å². The topological polar surface area (TPSA) is 24.5 Å². The highest BCUT2D eigenvalue weighted by Crippen LogP contribution is 2.20. The number of nitrogens with zero attached hydrogens (tertiary/aromatic N) is 1. The van der Waals surface area contributed by atoms with Crippen molar-refractivity contribution in [3.63, 3.8) is 0 Å². The first-order valence-electron chi connectivity index (χ1n) is 8.11. The van der Waals surface area contributed by atoms with Gasteiger partial charge in [-0.25, -0.2) is 0 Å². The standard InChI is InChI=1S/C18H30N2O/c1-15(2)21-11-10-20-13-17(19-14-18(20,3)4)12-16-8-6-5-7-9-16/h5-9,15,17,19H,10-14H2,1-4H3. The SMILES string of the molecule is CC(C)OCCN1CC(Cc2ccccc2)NCC1(C)C. The second-order valence-corrected chi connectivity index (χ2v) is 6.95. The van der Waals surface area contributed by atoms with Crippen LogP contribution in [0.4, 0.5) is 0 Å². The minimum atomic E-state index is 0.202. The molecule has 1 aliphatic heterocycles. The minimum Gasteiger partial charge on any atom is -0.377 e. The molecule has 118 valence electrons. The third-order valence-corrected chi connectivity index (χ3v) is 4.26. The molecular weight excluding hydrogens is 260 g/mol. The molecule has 0 aliphatic carbocycles. The molecule has 1 aromatic rings. The quantitative estimate of drug-likeness (QED) is 0.872. The van der Waals surface area contributed by atoms with Crippen molar-refractivity contribution < 1.29 is 4.74 Å². The summed E-state index contributed by atoms with van der Waals surface area (Å²) in [4.78, 5) is 2.57. The number of piperazine rings is 1. The van der Waals surface area contributed by atoms with E-state index >= 15 is 0 Å². The fourth-order valence-corrected chi connectivity index (χ4v) is 2.91. The highest BCUT2D eigenvalue weighted by Gasteiger charge is 2.33. The van der Waals surface area contributed by atoms with E-state index < -0.39 is 0 Å². The van der Waals surface area contributed by atoms with E-state index in [-0.39, 0.29) is 5.54 Å². The van der Waals surface area contributed by atoms with E-state index in [0.717, 1.165) is 32.7 Å². The van der Waals surface area contributed by atoms with Gasteiger partial charge in [0.2, 0.25) is 0 Å². The van der Waals surface area contributed by atoms with Crippen LogP contribution in [0.15, 0.2) is 30.3 Å². The van der Waals surface area contributed by atoms with Gasteiger partial charge in [0.25, 0.3) is 0 Å². The molecule has 1 unspecified atom stereocenters. The first-order chi connectivity index (χ1) is 9.97. The Hall–Kier alpha value is -0.900. The first-order valence-corrected chi connectivity index (χ1v) is 8.11. The summed E-state index contributed by atoms with van der Waals surface area (Å²) < 4.78 is 5.73. The number of ether oxygens (including phenoxy) is 1. The molecule has 1 atom stereocenters. The lowest BCUT2D eigenvalue weighted by Gasteiger charge is -2.46. The summed E-state index contributed by atoms with van der Waals surface area (Å²) in [7, 11) is 0. The normalized spacial score (nSPS) is 22.6. The number of nitrogens with one attached hydrogen (secondary N) is 1. The number of benzene rings is 1. The Morgan fingerprint density at radius 3 is 2.67 bits per heavy atom. The zero-order valence-corrected chi connectivity index (χ0v) is 13.9. The highest BCUT2D eigenvalue weighted by atomic mass is 16.5. The van der Waals surface area contributed by atoms with Crippen molar-refractivity contribution in [2.75, 3.05) is 26.2 Å². The molecular formula is C18H30N2O. The maximum atomic E-state index is 5.73. The Kier molecular flexibility index (Phi) is 5.80. The van der Waals surface area contributed by atoms with Crippen LogP contribution in [-0.4, -0.2) is 48.8 Å². The second kappa shape index (κ2) is 7.39. The molecule has 3 heteroatoms. The van der Waals surface area contributed by atoms with E-state index in [2.05, 4.69) is 68.2 Å². The van der Waals surface area contributed by atoms with Crippen molar-refractivity contribution in [2.45, 2.75) is 51.8 Å². The Balaban J connectivity index is 1.89. The van der Waals surface area contributed by atoms with E-state index in [1.54, 1.807) is 0 Å². The van der Waals surface area contributed by atoms with Crippen molar-refractivity contribution in [2.24, 2.45) is 0 Å². The highest BCUT2D eigenvalue weighted by molar-refractivity contribution is 5.16. The summed E-state index contributed by atoms with van der Waals surface area (Å²) in [5.41, 5.74) is 1.61. The summed E-state index contributed by atoms with van der Waals surface area (Å²) in [5.74, 6) is 0. The van der Waals surface area contributed by atoms with Gasteiger partial charge in [-0.3, -0.25) is 4.90 Å². The zero-order chi connectivity index (χ0) is 15.3. The number of rotatable bonds is 6. The molecule has 21 heavy (non-hydrogen) atoms. The van der Waals surface area contributed by atoms with Gasteiger partial charge in [0, 0.05) is 31.2 Å². The molecule has 1 heterocycles. The Morgan fingerprint density at radius 1 is 1.29 bits per heavy atom. The summed E-state index contributed by atoms with van der Waals surface area (Å²) in [6, 6.07) is 11.3. The van der Waals surface area contributed by atoms with Gasteiger partial charge in [0.05, 0.1) is 12.7 Å². The molecule has 3 nitrogen and oxygen atoms in total. The summed E-state index contributed by atoms with van der Waals surface area (Å²) in [5, 5.41) is 3.70. The third kappa shape index (κ3) is 5.10. The summed E-state index contributed by atoms with van der Waals surface area (Å²) in [6.07, 6.45) is 1.41. The lowest BCUT2D eigenvalue weighted by molar-refractivity contribution is 0.0111. The van der Waals surface area contributed by atoms with Crippen molar-refractivity contribution in [3.8, 4) is 0 Å². The predicted octanol–water partition coefficient (Wildman–Crippen LogP) is 2.71. The minimum absolute atomic E-state index is 0.202. The van der Waals surface area contributed by atoms with Crippen LogP contribution >= 0.6 is 0 Å². The maximum absolute atomic E-state index is 5.73. The van der Waals surface area contributed by atoms with E-state index in [4.69, 9.17) is 4.74 Å². The average molecular weight is 290 g/mol. The van der Waals surface area contributed by atoms with Gasteiger partial charge in [-0.2, -0.15) is 0 Å². The molecule has 1 aromatic carbocycles. The van der Waals surface area contributed by atoms with Gasteiger partial charge >= 0.3 is 0 Å². The summed E-state index contributed by atoms with van der Waals surface area (Å²) in [6.45, 7) is 12.8. The summed E-state index contributed by atoms with van der Waals surface area (Å²) >= 11 is 0. The van der Waals surface area contributed by atoms with Crippen molar-refractivity contribution in [3.05, 3.63) is 35.9 Å². The van der Waals surface area contributed by atoms with Crippen LogP contribution in [0.1, 0.15) is 33.3 Å². The maximum Gasteiger partial charge on any atom is 0.0597 e. The van der Waals surface area contributed by atoms with Crippen LogP contribution in [0.5, 0.6) is 0 Å².